The molecule has 0 aromatic heterocycles. The second kappa shape index (κ2) is 13.5. The molecule has 10 aliphatic rings. The summed E-state index contributed by atoms with van der Waals surface area (Å²) >= 11 is 0. The van der Waals surface area contributed by atoms with Crippen LogP contribution in [-0.2, 0) is 44.6 Å². The molecule has 6 heterocycles. The Labute approximate surface area is 312 Å². The highest BCUT2D eigenvalue weighted by Gasteiger charge is 2.69. The summed E-state index contributed by atoms with van der Waals surface area (Å²) in [7, 11) is -3.41. The van der Waals surface area contributed by atoms with Gasteiger partial charge < -0.3 is 9.47 Å². The van der Waals surface area contributed by atoms with Crippen LogP contribution in [0.1, 0.15) is 111 Å². The lowest BCUT2D eigenvalue weighted by atomic mass is 9.55. The van der Waals surface area contributed by atoms with Crippen molar-refractivity contribution in [2.24, 2.45) is 65.1 Å². The lowest BCUT2D eigenvalue weighted by molar-refractivity contribution is -0.466. The van der Waals surface area contributed by atoms with E-state index >= 15 is 0 Å². The van der Waals surface area contributed by atoms with Gasteiger partial charge in [0.15, 0.2) is 9.84 Å². The maximum Gasteiger partial charge on any atom is 0.154 e. The minimum Gasteiger partial charge on any atom is -0.372 e. The molecule has 1 aromatic rings. The molecule has 4 bridgehead atoms. The van der Waals surface area contributed by atoms with E-state index in [1.807, 2.05) is 30.3 Å². The van der Waals surface area contributed by atoms with E-state index in [2.05, 4.69) is 41.5 Å². The van der Waals surface area contributed by atoms with Crippen molar-refractivity contribution >= 4 is 9.84 Å². The van der Waals surface area contributed by atoms with Crippen molar-refractivity contribution < 1.29 is 37.4 Å². The molecule has 1 aromatic carbocycles. The summed E-state index contributed by atoms with van der Waals surface area (Å²) in [6, 6.07) is 9.67. The van der Waals surface area contributed by atoms with Crippen LogP contribution in [0.15, 0.2) is 30.3 Å². The van der Waals surface area contributed by atoms with Gasteiger partial charge in [-0.05, 0) is 135 Å². The van der Waals surface area contributed by atoms with Gasteiger partial charge in [-0.25, -0.2) is 28.0 Å². The normalized spacial score (nSPS) is 51.5. The highest BCUT2D eigenvalue weighted by molar-refractivity contribution is 7.90. The quantitative estimate of drug-likeness (QED) is 0.247. The number of hydrogen-bond donors (Lipinski definition) is 0. The van der Waals surface area contributed by atoms with Gasteiger partial charge in [0.2, 0.25) is 0 Å². The molecule has 290 valence electrons. The summed E-state index contributed by atoms with van der Waals surface area (Å²) in [4.78, 5) is 25.5. The largest absolute Gasteiger partial charge is 0.372 e. The molecule has 0 N–H and O–H groups in total. The van der Waals surface area contributed by atoms with E-state index in [0.717, 1.165) is 44.1 Å². The van der Waals surface area contributed by atoms with E-state index in [0.29, 0.717) is 60.2 Å². The van der Waals surface area contributed by atoms with Crippen molar-refractivity contribution in [1.82, 2.24) is 0 Å². The molecule has 0 radical (unpaired) electrons. The van der Waals surface area contributed by atoms with Gasteiger partial charge in [0.1, 0.15) is 11.2 Å². The van der Waals surface area contributed by atoms with Crippen molar-refractivity contribution in [1.29, 1.82) is 0 Å². The fourth-order valence-electron chi connectivity index (χ4n) is 13.7. The molecule has 6 saturated heterocycles. The Bertz CT molecular complexity index is 1480. The maximum atomic E-state index is 14.2. The molecule has 0 amide bonds. The van der Waals surface area contributed by atoms with Crippen LogP contribution in [0.25, 0.3) is 0 Å². The van der Waals surface area contributed by atoms with Crippen molar-refractivity contribution in [3.63, 3.8) is 0 Å². The Morgan fingerprint density at radius 1 is 0.635 bits per heavy atom. The van der Waals surface area contributed by atoms with E-state index in [1.165, 1.54) is 12.8 Å². The highest BCUT2D eigenvalue weighted by Crippen LogP contribution is 2.63. The van der Waals surface area contributed by atoms with Gasteiger partial charge in [-0.3, -0.25) is 0 Å². The monoisotopic (exact) mass is 740 g/mol. The second-order valence-corrected chi connectivity index (χ2v) is 21.6. The molecule has 52 heavy (non-hydrogen) atoms. The minimum absolute atomic E-state index is 0.0404. The van der Waals surface area contributed by atoms with Gasteiger partial charge in [0.25, 0.3) is 0 Å². The smallest absolute Gasteiger partial charge is 0.154 e. The summed E-state index contributed by atoms with van der Waals surface area (Å²) in [6.07, 6.45) is 10.0. The van der Waals surface area contributed by atoms with Crippen LogP contribution in [0.3, 0.4) is 0 Å². The van der Waals surface area contributed by atoms with Gasteiger partial charge in [-0.15, -0.1) is 0 Å². The molecule has 0 unspecified atom stereocenters. The SMILES string of the molecule is C[C@H]1[C@@H](CC(C[C@H]2O[C@@H]3C[C@@H](C)[C@@H]4C[C@H]5[C@H](C)CC[C@@H]([C@H]2C)[C@@]35OO4)CS(=O)(=O)Cc2ccccc2)O[C@@H]2C[C@@H](C)[C@@H]3C[C@H]4[C@H](C)CC[C@@H]1[C@@]24OO3. The average molecular weight is 741 g/mol. The van der Waals surface area contributed by atoms with Crippen LogP contribution < -0.4 is 0 Å². The van der Waals surface area contributed by atoms with Gasteiger partial charge in [-0.2, -0.15) is 0 Å². The number of hydrogen-bond acceptors (Lipinski definition) is 8. The van der Waals surface area contributed by atoms with Crippen LogP contribution in [0.5, 0.6) is 0 Å². The van der Waals surface area contributed by atoms with Gasteiger partial charge in [0, 0.05) is 0 Å². The molecule has 18 atom stereocenters. The molecule has 8 nitrogen and oxygen atoms in total. The van der Waals surface area contributed by atoms with Crippen LogP contribution in [0.4, 0.5) is 0 Å². The Morgan fingerprint density at radius 3 is 1.60 bits per heavy atom. The highest BCUT2D eigenvalue weighted by atomic mass is 32.2. The molecular weight excluding hydrogens is 677 g/mol. The third kappa shape index (κ3) is 5.82. The zero-order valence-electron chi connectivity index (χ0n) is 32.4. The van der Waals surface area contributed by atoms with Gasteiger partial charge in [-0.1, -0.05) is 71.9 Å². The van der Waals surface area contributed by atoms with Crippen LogP contribution in [-0.4, -0.2) is 62.0 Å². The molecule has 10 fully saturated rings. The van der Waals surface area contributed by atoms with E-state index < -0.39 is 21.0 Å². The lowest BCUT2D eigenvalue weighted by Crippen LogP contribution is -2.68. The first kappa shape index (κ1) is 36.6. The predicted molar refractivity (Wildman–Crippen MR) is 197 cm³/mol. The van der Waals surface area contributed by atoms with Crippen molar-refractivity contribution in [2.45, 2.75) is 159 Å². The Hall–Kier alpha value is -1.07. The van der Waals surface area contributed by atoms with Crippen molar-refractivity contribution in [2.75, 3.05) is 5.75 Å². The summed E-state index contributed by atoms with van der Waals surface area (Å²) in [5.74, 6) is 3.94. The zero-order chi connectivity index (χ0) is 36.2. The summed E-state index contributed by atoms with van der Waals surface area (Å²) in [5, 5.41) is 0. The molecule has 11 rings (SSSR count). The van der Waals surface area contributed by atoms with Crippen LogP contribution in [0.2, 0.25) is 0 Å². The van der Waals surface area contributed by atoms with Gasteiger partial charge in [0.05, 0.1) is 48.1 Å². The lowest BCUT2D eigenvalue weighted by Gasteiger charge is -2.61. The fraction of sp³-hybridized carbons (Fsp3) is 0.860. The molecule has 2 spiro atoms. The molecule has 4 saturated carbocycles. The van der Waals surface area contributed by atoms with E-state index in [1.54, 1.807) is 0 Å². The van der Waals surface area contributed by atoms with Crippen LogP contribution in [0, 0.1) is 65.1 Å². The fourth-order valence-corrected chi connectivity index (χ4v) is 15.5. The van der Waals surface area contributed by atoms with E-state index in [-0.39, 0.29) is 65.9 Å². The third-order valence-corrected chi connectivity index (χ3v) is 18.3. The standard InChI is InChI=1S/C43H64O8S/c1-24-12-14-32-28(5)38(46-40-16-26(3)36-20-34(24)42(32,40)50-48-36)18-31(23-52(44,45)22-30-10-8-7-9-11-30)19-39-29(6)33-15-13-25(2)35-21-37-27(4)17-41(47-39)43(33,35)51-49-37/h7-11,24-29,31-41H,12-23H2,1-6H3/t24-,25-,26-,27-,28-,29-,32+,33+,34+,35+,36+,37+,38-,39-,40-,41-,42+,43+/m1/s1. The first-order chi connectivity index (χ1) is 24.9. The Morgan fingerprint density at radius 2 is 1.12 bits per heavy atom. The number of fused-ring (bicyclic) bond motifs is 4. The number of rotatable bonds is 8. The van der Waals surface area contributed by atoms with Crippen LogP contribution >= 0.6 is 0 Å². The molecular formula is C43H64O8S. The van der Waals surface area contributed by atoms with Crippen molar-refractivity contribution in [3.8, 4) is 0 Å². The van der Waals surface area contributed by atoms with Crippen molar-refractivity contribution in [3.05, 3.63) is 35.9 Å². The third-order valence-electron chi connectivity index (χ3n) is 16.6. The topological polar surface area (TPSA) is 89.5 Å². The zero-order valence-corrected chi connectivity index (χ0v) is 33.2. The first-order valence-electron chi connectivity index (χ1n) is 21.1. The maximum absolute atomic E-state index is 14.2. The molecule has 9 heteroatoms. The number of benzene rings is 1. The summed E-state index contributed by atoms with van der Waals surface area (Å²) in [5.41, 5.74) is 0.0242. The first-order valence-corrected chi connectivity index (χ1v) is 23.0. The average Bonchev–Trinajstić information content (AvgIpc) is 3.45. The molecule has 6 aliphatic heterocycles. The molecule has 4 aliphatic carbocycles. The van der Waals surface area contributed by atoms with E-state index in [9.17, 15) is 8.42 Å². The predicted octanol–water partition coefficient (Wildman–Crippen LogP) is 8.13. The minimum atomic E-state index is -3.41. The second-order valence-electron chi connectivity index (χ2n) is 19.5. The Balaban J connectivity index is 1.02. The summed E-state index contributed by atoms with van der Waals surface area (Å²) in [6.45, 7) is 14.1. The number of sulfone groups is 1. The number of ether oxygens (including phenoxy) is 2. The van der Waals surface area contributed by atoms with Gasteiger partial charge >= 0.3 is 0 Å². The van der Waals surface area contributed by atoms with E-state index in [4.69, 9.17) is 29.0 Å². The Kier molecular flexibility index (Phi) is 9.53. The summed E-state index contributed by atoms with van der Waals surface area (Å²) < 4.78 is 42.9.